The summed E-state index contributed by atoms with van der Waals surface area (Å²) in [5.41, 5.74) is 1.02. The molecule has 0 amide bonds. The zero-order valence-electron chi connectivity index (χ0n) is 13.5. The summed E-state index contributed by atoms with van der Waals surface area (Å²) in [4.78, 5) is 15.4. The lowest BCUT2D eigenvalue weighted by molar-refractivity contribution is -0.385. The Hall–Kier alpha value is -1.66. The van der Waals surface area contributed by atoms with E-state index in [-0.39, 0.29) is 10.6 Å². The summed E-state index contributed by atoms with van der Waals surface area (Å²) >= 11 is 0. The van der Waals surface area contributed by atoms with Crippen LogP contribution in [-0.4, -0.2) is 61.1 Å². The molecule has 1 aliphatic rings. The molecule has 0 aliphatic carbocycles. The van der Waals surface area contributed by atoms with Gasteiger partial charge in [0, 0.05) is 32.2 Å². The van der Waals surface area contributed by atoms with Crippen LogP contribution in [0, 0.1) is 17.0 Å². The van der Waals surface area contributed by atoms with Crippen LogP contribution < -0.4 is 4.74 Å². The van der Waals surface area contributed by atoms with Crippen molar-refractivity contribution in [1.82, 2.24) is 9.80 Å². The van der Waals surface area contributed by atoms with Crippen LogP contribution in [0.25, 0.3) is 0 Å². The first kappa shape index (κ1) is 16.7. The van der Waals surface area contributed by atoms with Crippen molar-refractivity contribution in [3.63, 3.8) is 0 Å². The largest absolute Gasteiger partial charge is 0.487 e. The fraction of sp³-hybridized carbons (Fsp3) is 0.625. The minimum atomic E-state index is -0.390. The van der Waals surface area contributed by atoms with E-state index in [1.54, 1.807) is 12.1 Å². The Labute approximate surface area is 131 Å². The minimum Gasteiger partial charge on any atom is -0.487 e. The number of nitrogens with zero attached hydrogens (tertiary/aromatic N) is 3. The third-order valence-electron chi connectivity index (χ3n) is 4.03. The monoisotopic (exact) mass is 307 g/mol. The minimum absolute atomic E-state index is 0.0460. The Balaban J connectivity index is 1.70. The number of nitro groups is 1. The van der Waals surface area contributed by atoms with Crippen LogP contribution in [0.3, 0.4) is 0 Å². The van der Waals surface area contributed by atoms with E-state index in [4.69, 9.17) is 4.74 Å². The number of ether oxygens (including phenoxy) is 1. The molecule has 1 aromatic carbocycles. The van der Waals surface area contributed by atoms with Gasteiger partial charge in [-0.1, -0.05) is 6.07 Å². The van der Waals surface area contributed by atoms with E-state index in [1.165, 1.54) is 6.07 Å². The van der Waals surface area contributed by atoms with Gasteiger partial charge in [0.25, 0.3) is 0 Å². The van der Waals surface area contributed by atoms with E-state index >= 15 is 0 Å². The van der Waals surface area contributed by atoms with Crippen LogP contribution in [0.4, 0.5) is 5.69 Å². The van der Waals surface area contributed by atoms with Crippen LogP contribution in [-0.2, 0) is 0 Å². The molecule has 1 fully saturated rings. The molecule has 1 heterocycles. The standard InChI is InChI=1S/C16H25N3O3/c1-14-5-6-15(19(20)21)16(13-14)22-12-4-3-7-18-10-8-17(2)9-11-18/h5-6,13H,3-4,7-12H2,1-2H3. The van der Waals surface area contributed by atoms with Gasteiger partial charge in [0.1, 0.15) is 0 Å². The van der Waals surface area contributed by atoms with Crippen LogP contribution in [0.5, 0.6) is 5.75 Å². The topological polar surface area (TPSA) is 58.9 Å². The molecule has 0 radical (unpaired) electrons. The van der Waals surface area contributed by atoms with Gasteiger partial charge in [0.2, 0.25) is 0 Å². The second-order valence-corrected chi connectivity index (χ2v) is 5.93. The van der Waals surface area contributed by atoms with Crippen molar-refractivity contribution in [2.75, 3.05) is 46.4 Å². The van der Waals surface area contributed by atoms with Crippen molar-refractivity contribution in [3.05, 3.63) is 33.9 Å². The highest BCUT2D eigenvalue weighted by Crippen LogP contribution is 2.27. The number of likely N-dealkylation sites (N-methyl/N-ethyl adjacent to an activating group) is 1. The molecular weight excluding hydrogens is 282 g/mol. The maximum absolute atomic E-state index is 11.0. The number of piperazine rings is 1. The van der Waals surface area contributed by atoms with Gasteiger partial charge in [0.05, 0.1) is 11.5 Å². The summed E-state index contributed by atoms with van der Waals surface area (Å²) < 4.78 is 5.62. The van der Waals surface area contributed by atoms with E-state index < -0.39 is 0 Å². The number of nitro benzene ring substituents is 1. The molecule has 0 unspecified atom stereocenters. The fourth-order valence-corrected chi connectivity index (χ4v) is 2.58. The van der Waals surface area contributed by atoms with Crippen molar-refractivity contribution in [2.24, 2.45) is 0 Å². The first-order valence-electron chi connectivity index (χ1n) is 7.85. The van der Waals surface area contributed by atoms with Crippen molar-refractivity contribution in [3.8, 4) is 5.75 Å². The van der Waals surface area contributed by atoms with Crippen LogP contribution in [0.1, 0.15) is 18.4 Å². The number of hydrogen-bond donors (Lipinski definition) is 0. The Morgan fingerprint density at radius 1 is 1.23 bits per heavy atom. The normalized spacial score (nSPS) is 16.6. The van der Waals surface area contributed by atoms with Crippen molar-refractivity contribution in [2.45, 2.75) is 19.8 Å². The molecule has 1 aliphatic heterocycles. The summed E-state index contributed by atoms with van der Waals surface area (Å²) in [6.07, 6.45) is 1.97. The zero-order valence-corrected chi connectivity index (χ0v) is 13.5. The molecule has 1 aromatic rings. The van der Waals surface area contributed by atoms with Crippen molar-refractivity contribution in [1.29, 1.82) is 0 Å². The molecule has 0 spiro atoms. The van der Waals surface area contributed by atoms with Crippen LogP contribution >= 0.6 is 0 Å². The average Bonchev–Trinajstić information content (AvgIpc) is 2.48. The van der Waals surface area contributed by atoms with Gasteiger partial charge in [-0.3, -0.25) is 10.1 Å². The van der Waals surface area contributed by atoms with Crippen molar-refractivity contribution >= 4 is 5.69 Å². The predicted octanol–water partition coefficient (Wildman–Crippen LogP) is 2.31. The highest BCUT2D eigenvalue weighted by atomic mass is 16.6. The first-order valence-corrected chi connectivity index (χ1v) is 7.85. The van der Waals surface area contributed by atoms with Gasteiger partial charge in [-0.25, -0.2) is 0 Å². The molecule has 1 saturated heterocycles. The number of benzene rings is 1. The Morgan fingerprint density at radius 2 is 1.95 bits per heavy atom. The Bertz CT molecular complexity index is 499. The molecule has 0 atom stereocenters. The smallest absolute Gasteiger partial charge is 0.310 e. The molecule has 6 heteroatoms. The lowest BCUT2D eigenvalue weighted by atomic mass is 10.2. The fourth-order valence-electron chi connectivity index (χ4n) is 2.58. The summed E-state index contributed by atoms with van der Waals surface area (Å²) in [6, 6.07) is 4.98. The maximum atomic E-state index is 11.0. The molecule has 122 valence electrons. The molecule has 0 saturated carbocycles. The highest BCUT2D eigenvalue weighted by Gasteiger charge is 2.15. The number of hydrogen-bond acceptors (Lipinski definition) is 5. The van der Waals surface area contributed by atoms with Gasteiger partial charge in [0.15, 0.2) is 5.75 Å². The van der Waals surface area contributed by atoms with E-state index in [1.807, 2.05) is 6.92 Å². The second kappa shape index (κ2) is 8.10. The Morgan fingerprint density at radius 3 is 2.64 bits per heavy atom. The van der Waals surface area contributed by atoms with Gasteiger partial charge >= 0.3 is 5.69 Å². The summed E-state index contributed by atoms with van der Waals surface area (Å²) in [6.45, 7) is 8.02. The van der Waals surface area contributed by atoms with Gasteiger partial charge in [-0.05, 0) is 45.0 Å². The van der Waals surface area contributed by atoms with Crippen molar-refractivity contribution < 1.29 is 9.66 Å². The summed E-state index contributed by atoms with van der Waals surface area (Å²) in [5, 5.41) is 11.0. The third kappa shape index (κ3) is 4.96. The number of rotatable bonds is 7. The van der Waals surface area contributed by atoms with E-state index in [0.717, 1.165) is 51.1 Å². The number of aryl methyl sites for hydroxylation is 1. The quantitative estimate of drug-likeness (QED) is 0.439. The molecule has 0 aromatic heterocycles. The molecule has 22 heavy (non-hydrogen) atoms. The molecule has 0 N–H and O–H groups in total. The van der Waals surface area contributed by atoms with E-state index in [2.05, 4.69) is 16.8 Å². The maximum Gasteiger partial charge on any atom is 0.310 e. The van der Waals surface area contributed by atoms with E-state index in [0.29, 0.717) is 12.4 Å². The zero-order chi connectivity index (χ0) is 15.9. The Kier molecular flexibility index (Phi) is 6.15. The number of unbranched alkanes of at least 4 members (excludes halogenated alkanes) is 1. The van der Waals surface area contributed by atoms with E-state index in [9.17, 15) is 10.1 Å². The lowest BCUT2D eigenvalue weighted by Gasteiger charge is -2.32. The summed E-state index contributed by atoms with van der Waals surface area (Å²) in [5.74, 6) is 0.379. The average molecular weight is 307 g/mol. The first-order chi connectivity index (χ1) is 10.6. The SMILES string of the molecule is Cc1ccc([N+](=O)[O-])c(OCCCCN2CCN(C)CC2)c1. The lowest BCUT2D eigenvalue weighted by Crippen LogP contribution is -2.44. The molecule has 2 rings (SSSR count). The summed E-state index contributed by atoms with van der Waals surface area (Å²) in [7, 11) is 2.15. The third-order valence-corrected chi connectivity index (χ3v) is 4.03. The molecule has 0 bridgehead atoms. The van der Waals surface area contributed by atoms with Crippen LogP contribution in [0.2, 0.25) is 0 Å². The van der Waals surface area contributed by atoms with Gasteiger partial charge < -0.3 is 14.5 Å². The predicted molar refractivity (Wildman–Crippen MR) is 86.5 cm³/mol. The molecular formula is C16H25N3O3. The van der Waals surface area contributed by atoms with Gasteiger partial charge in [-0.2, -0.15) is 0 Å². The van der Waals surface area contributed by atoms with Gasteiger partial charge in [-0.15, -0.1) is 0 Å². The van der Waals surface area contributed by atoms with Crippen LogP contribution in [0.15, 0.2) is 18.2 Å². The second-order valence-electron chi connectivity index (χ2n) is 5.93. The highest BCUT2D eigenvalue weighted by molar-refractivity contribution is 5.48. The molecule has 6 nitrogen and oxygen atoms in total.